The fraction of sp³-hybridized carbons (Fsp3) is 0.800. The second-order valence-electron chi connectivity index (χ2n) is 4.07. The molecule has 2 atom stereocenters. The number of sulfone groups is 1. The molecule has 1 heterocycles. The van der Waals surface area contributed by atoms with E-state index in [0.29, 0.717) is 11.5 Å². The van der Waals surface area contributed by atoms with Gasteiger partial charge in [0.25, 0.3) is 0 Å². The minimum Gasteiger partial charge on any atom is -0.481 e. The Labute approximate surface area is 111 Å². The van der Waals surface area contributed by atoms with Gasteiger partial charge in [0.1, 0.15) is 11.3 Å². The SMILES string of the molecule is CCS(=O)(=O)C1CSCCN1C(=O)C(C)C(=O)O. The van der Waals surface area contributed by atoms with Crippen molar-refractivity contribution in [2.24, 2.45) is 5.92 Å². The van der Waals surface area contributed by atoms with E-state index in [1.54, 1.807) is 0 Å². The Morgan fingerprint density at radius 3 is 2.61 bits per heavy atom. The molecule has 0 radical (unpaired) electrons. The predicted molar refractivity (Wildman–Crippen MR) is 69.1 cm³/mol. The van der Waals surface area contributed by atoms with Crippen LogP contribution in [0.2, 0.25) is 0 Å². The zero-order valence-electron chi connectivity index (χ0n) is 10.3. The predicted octanol–water partition coefficient (Wildman–Crippen LogP) is 0.0433. The number of amides is 1. The van der Waals surface area contributed by atoms with Crippen molar-refractivity contribution in [3.8, 4) is 0 Å². The molecular weight excluding hydrogens is 278 g/mol. The molecule has 18 heavy (non-hydrogen) atoms. The van der Waals surface area contributed by atoms with Crippen LogP contribution in [0.5, 0.6) is 0 Å². The second kappa shape index (κ2) is 5.92. The Kier molecular flexibility index (Phi) is 5.03. The summed E-state index contributed by atoms with van der Waals surface area (Å²) in [5.74, 6) is -2.16. The average molecular weight is 295 g/mol. The van der Waals surface area contributed by atoms with E-state index < -0.39 is 33.0 Å². The lowest BCUT2D eigenvalue weighted by molar-refractivity contribution is -0.150. The highest BCUT2D eigenvalue weighted by Crippen LogP contribution is 2.23. The molecule has 104 valence electrons. The van der Waals surface area contributed by atoms with Gasteiger partial charge in [0.15, 0.2) is 9.84 Å². The van der Waals surface area contributed by atoms with Crippen molar-refractivity contribution in [1.29, 1.82) is 0 Å². The summed E-state index contributed by atoms with van der Waals surface area (Å²) in [5, 5.41) is 7.93. The number of hydrogen-bond donors (Lipinski definition) is 1. The summed E-state index contributed by atoms with van der Waals surface area (Å²) < 4.78 is 23.8. The maximum absolute atomic E-state index is 12.0. The number of thioether (sulfide) groups is 1. The van der Waals surface area contributed by atoms with E-state index in [4.69, 9.17) is 5.11 Å². The summed E-state index contributed by atoms with van der Waals surface area (Å²) in [7, 11) is -3.38. The summed E-state index contributed by atoms with van der Waals surface area (Å²) in [6.45, 7) is 3.09. The topological polar surface area (TPSA) is 91.8 Å². The fourth-order valence-corrected chi connectivity index (χ4v) is 4.65. The third-order valence-corrected chi connectivity index (χ3v) is 6.21. The highest BCUT2D eigenvalue weighted by Gasteiger charge is 2.38. The van der Waals surface area contributed by atoms with Gasteiger partial charge in [-0.3, -0.25) is 9.59 Å². The minimum absolute atomic E-state index is 0.0521. The number of hydrogen-bond acceptors (Lipinski definition) is 5. The average Bonchev–Trinajstić information content (AvgIpc) is 2.36. The summed E-state index contributed by atoms with van der Waals surface area (Å²) in [6, 6.07) is 0. The minimum atomic E-state index is -3.38. The molecule has 0 bridgehead atoms. The van der Waals surface area contributed by atoms with Gasteiger partial charge in [-0.05, 0) is 6.92 Å². The van der Waals surface area contributed by atoms with Crippen LogP contribution in [0.4, 0.5) is 0 Å². The van der Waals surface area contributed by atoms with Gasteiger partial charge >= 0.3 is 5.97 Å². The van der Waals surface area contributed by atoms with Crippen LogP contribution in [0.1, 0.15) is 13.8 Å². The zero-order chi connectivity index (χ0) is 13.9. The van der Waals surface area contributed by atoms with Crippen LogP contribution in [0.25, 0.3) is 0 Å². The molecule has 0 aromatic carbocycles. The zero-order valence-corrected chi connectivity index (χ0v) is 12.0. The van der Waals surface area contributed by atoms with Gasteiger partial charge in [-0.1, -0.05) is 6.92 Å². The van der Waals surface area contributed by atoms with Gasteiger partial charge in [0.05, 0.1) is 0 Å². The molecule has 0 aromatic heterocycles. The molecule has 0 spiro atoms. The van der Waals surface area contributed by atoms with Gasteiger partial charge in [-0.15, -0.1) is 0 Å². The van der Waals surface area contributed by atoms with Crippen LogP contribution in [0, 0.1) is 5.92 Å². The Hall–Kier alpha value is -0.760. The maximum Gasteiger partial charge on any atom is 0.315 e. The monoisotopic (exact) mass is 295 g/mol. The Balaban J connectivity index is 2.97. The Bertz CT molecular complexity index is 434. The Morgan fingerprint density at radius 2 is 2.11 bits per heavy atom. The van der Waals surface area contributed by atoms with E-state index in [1.165, 1.54) is 30.5 Å². The number of carboxylic acids is 1. The lowest BCUT2D eigenvalue weighted by Crippen LogP contribution is -2.53. The van der Waals surface area contributed by atoms with Gasteiger partial charge in [0, 0.05) is 23.8 Å². The van der Waals surface area contributed by atoms with Crippen molar-refractivity contribution in [2.75, 3.05) is 23.8 Å². The largest absolute Gasteiger partial charge is 0.481 e. The first kappa shape index (κ1) is 15.3. The number of carbonyl (C=O) groups excluding carboxylic acids is 1. The molecule has 1 N–H and O–H groups in total. The van der Waals surface area contributed by atoms with Gasteiger partial charge in [-0.25, -0.2) is 8.42 Å². The summed E-state index contributed by atoms with van der Waals surface area (Å²) in [5.41, 5.74) is 0. The fourth-order valence-electron chi connectivity index (χ4n) is 1.68. The molecule has 0 saturated carbocycles. The van der Waals surface area contributed by atoms with Crippen LogP contribution in [0.15, 0.2) is 0 Å². The highest BCUT2D eigenvalue weighted by molar-refractivity contribution is 8.01. The summed E-state index contributed by atoms with van der Waals surface area (Å²) in [6.07, 6.45) is 0. The van der Waals surface area contributed by atoms with Crippen molar-refractivity contribution < 1.29 is 23.1 Å². The third kappa shape index (κ3) is 3.17. The van der Waals surface area contributed by atoms with Crippen molar-refractivity contribution in [3.63, 3.8) is 0 Å². The van der Waals surface area contributed by atoms with Gasteiger partial charge in [-0.2, -0.15) is 11.8 Å². The molecule has 0 aromatic rings. The van der Waals surface area contributed by atoms with Crippen LogP contribution < -0.4 is 0 Å². The summed E-state index contributed by atoms with van der Waals surface area (Å²) >= 11 is 1.47. The number of aliphatic carboxylic acids is 1. The van der Waals surface area contributed by atoms with Crippen molar-refractivity contribution in [1.82, 2.24) is 4.90 Å². The third-order valence-electron chi connectivity index (χ3n) is 2.93. The molecule has 2 unspecified atom stereocenters. The van der Waals surface area contributed by atoms with Crippen molar-refractivity contribution in [3.05, 3.63) is 0 Å². The van der Waals surface area contributed by atoms with Crippen molar-refractivity contribution in [2.45, 2.75) is 19.2 Å². The molecule has 1 aliphatic rings. The van der Waals surface area contributed by atoms with E-state index in [2.05, 4.69) is 0 Å². The number of nitrogens with zero attached hydrogens (tertiary/aromatic N) is 1. The first-order chi connectivity index (χ1) is 8.31. The number of rotatable bonds is 4. The first-order valence-corrected chi connectivity index (χ1v) is 8.51. The lowest BCUT2D eigenvalue weighted by atomic mass is 10.1. The smallest absolute Gasteiger partial charge is 0.315 e. The number of carboxylic acid groups (broad SMARTS) is 1. The number of carbonyl (C=O) groups is 2. The van der Waals surface area contributed by atoms with E-state index in [1.807, 2.05) is 0 Å². The van der Waals surface area contributed by atoms with Crippen LogP contribution in [-0.2, 0) is 19.4 Å². The van der Waals surface area contributed by atoms with Gasteiger partial charge in [0.2, 0.25) is 5.91 Å². The highest BCUT2D eigenvalue weighted by atomic mass is 32.2. The van der Waals surface area contributed by atoms with Crippen molar-refractivity contribution >= 4 is 33.5 Å². The second-order valence-corrected chi connectivity index (χ2v) is 7.67. The molecule has 6 nitrogen and oxygen atoms in total. The maximum atomic E-state index is 12.0. The standard InChI is InChI=1S/C10H17NO5S2/c1-3-18(15,16)8-6-17-5-4-11(8)9(12)7(2)10(13)14/h7-8H,3-6H2,1-2H3,(H,13,14). The molecule has 1 amide bonds. The lowest BCUT2D eigenvalue weighted by Gasteiger charge is -2.35. The summed E-state index contributed by atoms with van der Waals surface area (Å²) in [4.78, 5) is 24.0. The molecule has 1 fully saturated rings. The van der Waals surface area contributed by atoms with Crippen LogP contribution in [-0.4, -0.2) is 59.5 Å². The molecular formula is C10H17NO5S2. The Morgan fingerprint density at radius 1 is 1.50 bits per heavy atom. The molecule has 0 aliphatic carbocycles. The normalized spacial score (nSPS) is 22.6. The van der Waals surface area contributed by atoms with E-state index in [9.17, 15) is 18.0 Å². The van der Waals surface area contributed by atoms with E-state index in [0.717, 1.165) is 0 Å². The van der Waals surface area contributed by atoms with Crippen LogP contribution in [0.3, 0.4) is 0 Å². The van der Waals surface area contributed by atoms with E-state index >= 15 is 0 Å². The van der Waals surface area contributed by atoms with Crippen LogP contribution >= 0.6 is 11.8 Å². The first-order valence-electron chi connectivity index (χ1n) is 5.64. The van der Waals surface area contributed by atoms with Gasteiger partial charge < -0.3 is 10.0 Å². The molecule has 1 aliphatic heterocycles. The molecule has 1 rings (SSSR count). The van der Waals surface area contributed by atoms with E-state index in [-0.39, 0.29) is 12.3 Å². The molecule has 8 heteroatoms. The quantitative estimate of drug-likeness (QED) is 0.736. The molecule has 1 saturated heterocycles.